The Hall–Kier alpha value is -2.17. The quantitative estimate of drug-likeness (QED) is 0.709. The zero-order chi connectivity index (χ0) is 19.3. The molecule has 0 bridgehead atoms. The first kappa shape index (κ1) is 20.1. The second kappa shape index (κ2) is 8.97. The molecule has 0 unspecified atom stereocenters. The van der Waals surface area contributed by atoms with Gasteiger partial charge in [-0.05, 0) is 44.2 Å². The molecule has 2 aromatic rings. The molecule has 0 fully saturated rings. The van der Waals surface area contributed by atoms with Gasteiger partial charge in [0.05, 0.1) is 29.8 Å². The lowest BCUT2D eigenvalue weighted by atomic mass is 10.1. The number of aryl methyl sites for hydroxylation is 2. The van der Waals surface area contributed by atoms with Crippen LogP contribution in [0.15, 0.2) is 12.1 Å². The Kier molecular flexibility index (Phi) is 6.95. The molecule has 0 aliphatic heterocycles. The molecule has 26 heavy (non-hydrogen) atoms. The fourth-order valence-electron chi connectivity index (χ4n) is 2.97. The molecule has 0 saturated carbocycles. The molecule has 0 spiro atoms. The molecule has 142 valence electrons. The van der Waals surface area contributed by atoms with Gasteiger partial charge in [-0.15, -0.1) is 0 Å². The summed E-state index contributed by atoms with van der Waals surface area (Å²) in [5.41, 5.74) is 4.61. The number of hydrogen-bond acceptors (Lipinski definition) is 5. The highest BCUT2D eigenvalue weighted by Gasteiger charge is 2.18. The van der Waals surface area contributed by atoms with Crippen LogP contribution in [0.4, 0.5) is 5.82 Å². The van der Waals surface area contributed by atoms with E-state index in [-0.39, 0.29) is 0 Å². The van der Waals surface area contributed by atoms with Crippen molar-refractivity contribution in [2.75, 3.05) is 12.4 Å². The molecule has 5 nitrogen and oxygen atoms in total. The molecule has 0 aliphatic carbocycles. The van der Waals surface area contributed by atoms with Gasteiger partial charge in [-0.25, -0.2) is 15.0 Å². The summed E-state index contributed by atoms with van der Waals surface area (Å²) >= 11 is 0. The van der Waals surface area contributed by atoms with Crippen molar-refractivity contribution >= 4 is 5.82 Å². The third kappa shape index (κ3) is 4.32. The van der Waals surface area contributed by atoms with E-state index in [9.17, 15) is 0 Å². The minimum atomic E-state index is 0.350. The van der Waals surface area contributed by atoms with Crippen LogP contribution in [0.3, 0.4) is 0 Å². The van der Waals surface area contributed by atoms with Crippen LogP contribution in [0, 0.1) is 6.92 Å². The zero-order valence-electron chi connectivity index (χ0n) is 17.2. The van der Waals surface area contributed by atoms with Gasteiger partial charge in [0.1, 0.15) is 5.82 Å². The lowest BCUT2D eigenvalue weighted by molar-refractivity contribution is 0.397. The number of methoxy groups -OCH3 is 1. The Morgan fingerprint density at radius 2 is 1.73 bits per heavy atom. The van der Waals surface area contributed by atoms with Crippen molar-refractivity contribution in [3.8, 4) is 17.1 Å². The standard InChI is InChI=1S/C21H32N4O/c1-8-15(9-2)23-20-17(10-3)24-19(14(6)22-20)16-11-12-18(13(4)5)25-21(16)26-7/h11-13,15H,8-10H2,1-7H3,(H,22,23). The number of aromatic nitrogens is 3. The predicted molar refractivity (Wildman–Crippen MR) is 108 cm³/mol. The van der Waals surface area contributed by atoms with Crippen LogP contribution >= 0.6 is 0 Å². The molecule has 0 amide bonds. The molecular weight excluding hydrogens is 324 g/mol. The van der Waals surface area contributed by atoms with Crippen LogP contribution in [0.25, 0.3) is 11.3 Å². The van der Waals surface area contributed by atoms with Gasteiger partial charge in [0.25, 0.3) is 0 Å². The van der Waals surface area contributed by atoms with Crippen LogP contribution in [-0.4, -0.2) is 28.1 Å². The maximum absolute atomic E-state index is 5.55. The summed E-state index contributed by atoms with van der Waals surface area (Å²) in [7, 11) is 1.66. The lowest BCUT2D eigenvalue weighted by Crippen LogP contribution is -2.20. The lowest BCUT2D eigenvalue weighted by Gasteiger charge is -2.19. The van der Waals surface area contributed by atoms with Gasteiger partial charge >= 0.3 is 0 Å². The summed E-state index contributed by atoms with van der Waals surface area (Å²) < 4.78 is 5.55. The van der Waals surface area contributed by atoms with E-state index in [1.54, 1.807) is 7.11 Å². The highest BCUT2D eigenvalue weighted by atomic mass is 16.5. The number of nitrogens with one attached hydrogen (secondary N) is 1. The second-order valence-corrected chi connectivity index (χ2v) is 6.91. The first-order valence-electron chi connectivity index (χ1n) is 9.64. The number of pyridine rings is 1. The molecule has 1 N–H and O–H groups in total. The normalized spacial score (nSPS) is 11.3. The van der Waals surface area contributed by atoms with Crippen molar-refractivity contribution in [1.82, 2.24) is 15.0 Å². The predicted octanol–water partition coefficient (Wildman–Crippen LogP) is 5.14. The Labute approximate surface area is 157 Å². The number of nitrogens with zero attached hydrogens (tertiary/aromatic N) is 3. The minimum Gasteiger partial charge on any atom is -0.480 e. The largest absolute Gasteiger partial charge is 0.480 e. The number of ether oxygens (including phenoxy) is 1. The molecule has 5 heteroatoms. The van der Waals surface area contributed by atoms with Crippen molar-refractivity contribution < 1.29 is 4.74 Å². The molecule has 0 aliphatic rings. The Bertz CT molecular complexity index is 739. The summed E-state index contributed by atoms with van der Waals surface area (Å²) in [5, 5.41) is 3.55. The highest BCUT2D eigenvalue weighted by molar-refractivity contribution is 5.68. The maximum atomic E-state index is 5.55. The molecule has 0 saturated heterocycles. The summed E-state index contributed by atoms with van der Waals surface area (Å²) in [6, 6.07) is 4.51. The van der Waals surface area contributed by atoms with Gasteiger partial charge in [0, 0.05) is 11.7 Å². The molecule has 0 radical (unpaired) electrons. The van der Waals surface area contributed by atoms with Gasteiger partial charge < -0.3 is 10.1 Å². The fraction of sp³-hybridized carbons (Fsp3) is 0.571. The number of rotatable bonds is 8. The number of anilines is 1. The average Bonchev–Trinajstić information content (AvgIpc) is 2.65. The third-order valence-corrected chi connectivity index (χ3v) is 4.73. The first-order chi connectivity index (χ1) is 12.4. The van der Waals surface area contributed by atoms with Crippen LogP contribution in [0.1, 0.15) is 70.5 Å². The molecule has 2 rings (SSSR count). The van der Waals surface area contributed by atoms with Crippen molar-refractivity contribution in [3.63, 3.8) is 0 Å². The topological polar surface area (TPSA) is 59.9 Å². The van der Waals surface area contributed by atoms with Crippen molar-refractivity contribution in [3.05, 3.63) is 29.2 Å². The summed E-state index contributed by atoms with van der Waals surface area (Å²) in [6.45, 7) is 12.7. The summed E-state index contributed by atoms with van der Waals surface area (Å²) in [4.78, 5) is 14.4. The van der Waals surface area contributed by atoms with E-state index < -0.39 is 0 Å². The van der Waals surface area contributed by atoms with E-state index in [4.69, 9.17) is 14.7 Å². The van der Waals surface area contributed by atoms with Crippen LogP contribution in [-0.2, 0) is 6.42 Å². The molecule has 2 aromatic heterocycles. The Morgan fingerprint density at radius 3 is 2.27 bits per heavy atom. The van der Waals surface area contributed by atoms with Gasteiger partial charge in [-0.3, -0.25) is 0 Å². The number of hydrogen-bond donors (Lipinski definition) is 1. The summed E-state index contributed by atoms with van der Waals surface area (Å²) in [5.74, 6) is 1.85. The van der Waals surface area contributed by atoms with E-state index in [0.29, 0.717) is 17.8 Å². The molecule has 0 atom stereocenters. The Balaban J connectivity index is 2.51. The van der Waals surface area contributed by atoms with E-state index in [2.05, 4.69) is 44.9 Å². The third-order valence-electron chi connectivity index (χ3n) is 4.73. The fourth-order valence-corrected chi connectivity index (χ4v) is 2.97. The molecule has 2 heterocycles. The van der Waals surface area contributed by atoms with Crippen LogP contribution < -0.4 is 10.1 Å². The monoisotopic (exact) mass is 356 g/mol. The molecular formula is C21H32N4O. The second-order valence-electron chi connectivity index (χ2n) is 6.91. The smallest absolute Gasteiger partial charge is 0.222 e. The zero-order valence-corrected chi connectivity index (χ0v) is 17.2. The van der Waals surface area contributed by atoms with Crippen molar-refractivity contribution in [2.45, 2.75) is 72.8 Å². The first-order valence-corrected chi connectivity index (χ1v) is 9.64. The van der Waals surface area contributed by atoms with Gasteiger partial charge in [0.15, 0.2) is 0 Å². The van der Waals surface area contributed by atoms with E-state index in [1.807, 2.05) is 19.1 Å². The van der Waals surface area contributed by atoms with Crippen molar-refractivity contribution in [1.29, 1.82) is 0 Å². The van der Waals surface area contributed by atoms with E-state index in [0.717, 1.165) is 53.4 Å². The maximum Gasteiger partial charge on any atom is 0.222 e. The summed E-state index contributed by atoms with van der Waals surface area (Å²) in [6.07, 6.45) is 2.95. The minimum absolute atomic E-state index is 0.350. The highest BCUT2D eigenvalue weighted by Crippen LogP contribution is 2.32. The average molecular weight is 357 g/mol. The Morgan fingerprint density at radius 1 is 1.04 bits per heavy atom. The SMILES string of the molecule is CCc1nc(-c2ccc(C(C)C)nc2OC)c(C)nc1NC(CC)CC. The van der Waals surface area contributed by atoms with Gasteiger partial charge in [-0.1, -0.05) is 34.6 Å². The van der Waals surface area contributed by atoms with Crippen LogP contribution in [0.5, 0.6) is 5.88 Å². The van der Waals surface area contributed by atoms with Crippen molar-refractivity contribution in [2.24, 2.45) is 0 Å². The van der Waals surface area contributed by atoms with E-state index in [1.165, 1.54) is 0 Å². The van der Waals surface area contributed by atoms with Crippen LogP contribution in [0.2, 0.25) is 0 Å². The van der Waals surface area contributed by atoms with Gasteiger partial charge in [0.2, 0.25) is 5.88 Å². The van der Waals surface area contributed by atoms with Gasteiger partial charge in [-0.2, -0.15) is 0 Å². The van der Waals surface area contributed by atoms with E-state index >= 15 is 0 Å². The molecule has 0 aromatic carbocycles.